The van der Waals surface area contributed by atoms with E-state index in [4.69, 9.17) is 30.8 Å². The van der Waals surface area contributed by atoms with E-state index in [-0.39, 0.29) is 11.3 Å². The zero-order chi connectivity index (χ0) is 26.3. The first-order chi connectivity index (χ1) is 18.6. The van der Waals surface area contributed by atoms with Gasteiger partial charge in [0.15, 0.2) is 11.5 Å². The minimum Gasteiger partial charge on any atom is -0.493 e. The lowest BCUT2D eigenvalue weighted by atomic mass is 10.2. The highest BCUT2D eigenvalue weighted by Crippen LogP contribution is 2.29. The highest BCUT2D eigenvalue weighted by Gasteiger charge is 2.21. The van der Waals surface area contributed by atoms with Crippen molar-refractivity contribution in [3.8, 4) is 11.5 Å². The number of nitrogens with one attached hydrogen (secondary N) is 1. The molecule has 2 aromatic carbocycles. The normalized spacial score (nSPS) is 15.6. The summed E-state index contributed by atoms with van der Waals surface area (Å²) in [5.74, 6) is 1.68. The van der Waals surface area contributed by atoms with E-state index in [2.05, 4.69) is 30.3 Å². The van der Waals surface area contributed by atoms with Gasteiger partial charge in [0.05, 0.1) is 37.1 Å². The second kappa shape index (κ2) is 12.1. The van der Waals surface area contributed by atoms with Gasteiger partial charge >= 0.3 is 5.97 Å². The lowest BCUT2D eigenvalue weighted by Crippen LogP contribution is -2.38. The molecule has 38 heavy (non-hydrogen) atoms. The Morgan fingerprint density at radius 1 is 1.00 bits per heavy atom. The summed E-state index contributed by atoms with van der Waals surface area (Å²) in [4.78, 5) is 30.7. The first-order valence-electron chi connectivity index (χ1n) is 12.4. The van der Waals surface area contributed by atoms with Crippen LogP contribution in [0.15, 0.2) is 47.6 Å². The first-order valence-corrected chi connectivity index (χ1v) is 12.8. The van der Waals surface area contributed by atoms with Gasteiger partial charge in [-0.2, -0.15) is 20.1 Å². The number of rotatable bonds is 8. The van der Waals surface area contributed by atoms with Crippen LogP contribution in [0.25, 0.3) is 0 Å². The Morgan fingerprint density at radius 2 is 1.71 bits per heavy atom. The fourth-order valence-corrected chi connectivity index (χ4v) is 4.38. The predicted molar refractivity (Wildman–Crippen MR) is 145 cm³/mol. The smallest absolute Gasteiger partial charge is 0.345 e. The molecule has 0 radical (unpaired) electrons. The van der Waals surface area contributed by atoms with E-state index in [1.807, 2.05) is 0 Å². The van der Waals surface area contributed by atoms with Crippen molar-refractivity contribution in [1.82, 2.24) is 15.0 Å². The highest BCUT2D eigenvalue weighted by atomic mass is 35.5. The molecule has 5 rings (SSSR count). The third-order valence-electron chi connectivity index (χ3n) is 6.16. The van der Waals surface area contributed by atoms with Gasteiger partial charge in [-0.1, -0.05) is 23.7 Å². The summed E-state index contributed by atoms with van der Waals surface area (Å²) in [5.41, 5.74) is 3.92. The number of carbonyl (C=O) groups is 1. The maximum atomic E-state index is 12.6. The molecular formula is C26H28ClN7O4. The van der Waals surface area contributed by atoms with Crippen molar-refractivity contribution in [1.29, 1.82) is 0 Å². The van der Waals surface area contributed by atoms with Gasteiger partial charge in [-0.05, 0) is 48.7 Å². The van der Waals surface area contributed by atoms with Gasteiger partial charge in [-0.25, -0.2) is 10.2 Å². The summed E-state index contributed by atoms with van der Waals surface area (Å²) < 4.78 is 16.4. The molecule has 12 heteroatoms. The number of morpholine rings is 1. The topological polar surface area (TPSA) is 114 Å². The van der Waals surface area contributed by atoms with E-state index in [9.17, 15) is 4.79 Å². The molecule has 0 amide bonds. The van der Waals surface area contributed by atoms with Crippen LogP contribution < -0.4 is 24.7 Å². The maximum absolute atomic E-state index is 12.6. The van der Waals surface area contributed by atoms with Crippen molar-refractivity contribution >= 4 is 41.6 Å². The average molecular weight is 538 g/mol. The Labute approximate surface area is 225 Å². The van der Waals surface area contributed by atoms with Crippen LogP contribution in [-0.4, -0.2) is 73.6 Å². The summed E-state index contributed by atoms with van der Waals surface area (Å²) in [5, 5.41) is 4.63. The first kappa shape index (κ1) is 25.7. The van der Waals surface area contributed by atoms with Crippen molar-refractivity contribution in [3.63, 3.8) is 0 Å². The zero-order valence-corrected chi connectivity index (χ0v) is 21.7. The molecule has 0 atom stereocenters. The van der Waals surface area contributed by atoms with E-state index in [1.165, 1.54) is 7.11 Å². The molecule has 1 N–H and O–H groups in total. The number of ether oxygens (including phenoxy) is 3. The summed E-state index contributed by atoms with van der Waals surface area (Å²) in [6, 6.07) is 11.8. The number of halogens is 1. The zero-order valence-electron chi connectivity index (χ0n) is 21.0. The number of hydrogen-bond acceptors (Lipinski definition) is 11. The minimum atomic E-state index is -0.573. The number of hydrogen-bond donors (Lipinski definition) is 1. The molecule has 2 fully saturated rings. The monoisotopic (exact) mass is 537 g/mol. The molecule has 0 spiro atoms. The lowest BCUT2D eigenvalue weighted by molar-refractivity contribution is 0.0730. The molecule has 0 saturated carbocycles. The summed E-state index contributed by atoms with van der Waals surface area (Å²) in [6.45, 7) is 4.55. The standard InChI is InChI=1S/C26H28ClN7O4/c1-36-22-16-18(8-9-21(22)38-23(35)19-6-2-3-7-20(19)27)17-28-32-24-29-25(33-10-4-5-11-33)31-26(30-24)34-12-14-37-15-13-34/h2-3,6-9,16-17H,4-5,10-15H2,1H3,(H,29,30,31,32). The van der Waals surface area contributed by atoms with E-state index in [1.54, 1.807) is 48.7 Å². The number of esters is 1. The van der Waals surface area contributed by atoms with Crippen LogP contribution in [0.5, 0.6) is 11.5 Å². The molecule has 1 aromatic heterocycles. The number of nitrogens with zero attached hydrogens (tertiary/aromatic N) is 6. The molecule has 2 saturated heterocycles. The summed E-state index contributed by atoms with van der Waals surface area (Å²) in [7, 11) is 1.50. The van der Waals surface area contributed by atoms with Gasteiger partial charge in [0, 0.05) is 26.2 Å². The molecule has 3 heterocycles. The largest absolute Gasteiger partial charge is 0.493 e. The van der Waals surface area contributed by atoms with Gasteiger partial charge in [0.2, 0.25) is 17.8 Å². The van der Waals surface area contributed by atoms with Crippen LogP contribution in [0.4, 0.5) is 17.8 Å². The Kier molecular flexibility index (Phi) is 8.15. The number of hydrazone groups is 1. The van der Waals surface area contributed by atoms with Gasteiger partial charge < -0.3 is 24.0 Å². The van der Waals surface area contributed by atoms with Crippen LogP contribution in [0.1, 0.15) is 28.8 Å². The van der Waals surface area contributed by atoms with Crippen molar-refractivity contribution < 1.29 is 19.0 Å². The molecule has 11 nitrogen and oxygen atoms in total. The molecule has 2 aliphatic rings. The van der Waals surface area contributed by atoms with Crippen LogP contribution in [0, 0.1) is 0 Å². The lowest BCUT2D eigenvalue weighted by Gasteiger charge is -2.27. The second-order valence-electron chi connectivity index (χ2n) is 8.70. The van der Waals surface area contributed by atoms with Gasteiger partial charge in [-0.15, -0.1) is 0 Å². The van der Waals surface area contributed by atoms with Crippen molar-refractivity contribution in [2.24, 2.45) is 5.10 Å². The number of aromatic nitrogens is 3. The van der Waals surface area contributed by atoms with Crippen molar-refractivity contribution in [2.75, 3.05) is 61.7 Å². The molecule has 2 aliphatic heterocycles. The van der Waals surface area contributed by atoms with E-state index in [0.717, 1.165) is 39.0 Å². The Morgan fingerprint density at radius 3 is 2.42 bits per heavy atom. The number of methoxy groups -OCH3 is 1. The van der Waals surface area contributed by atoms with Gasteiger partial charge in [0.1, 0.15) is 0 Å². The van der Waals surface area contributed by atoms with Crippen LogP contribution in [0.2, 0.25) is 5.02 Å². The second-order valence-corrected chi connectivity index (χ2v) is 9.11. The fourth-order valence-electron chi connectivity index (χ4n) is 4.16. The minimum absolute atomic E-state index is 0.269. The van der Waals surface area contributed by atoms with Crippen LogP contribution >= 0.6 is 11.6 Å². The number of carbonyl (C=O) groups excluding carboxylic acids is 1. The fraction of sp³-hybridized carbons (Fsp3) is 0.346. The Hall–Kier alpha value is -3.96. The molecule has 0 aliphatic carbocycles. The van der Waals surface area contributed by atoms with Gasteiger partial charge in [-0.3, -0.25) is 0 Å². The number of benzene rings is 2. The highest BCUT2D eigenvalue weighted by molar-refractivity contribution is 6.33. The maximum Gasteiger partial charge on any atom is 0.345 e. The summed E-state index contributed by atoms with van der Waals surface area (Å²) in [6.07, 6.45) is 3.84. The van der Waals surface area contributed by atoms with E-state index >= 15 is 0 Å². The van der Waals surface area contributed by atoms with Crippen LogP contribution in [0.3, 0.4) is 0 Å². The third-order valence-corrected chi connectivity index (χ3v) is 6.49. The van der Waals surface area contributed by atoms with Crippen LogP contribution in [-0.2, 0) is 4.74 Å². The Balaban J connectivity index is 1.30. The molecule has 3 aromatic rings. The summed E-state index contributed by atoms with van der Waals surface area (Å²) >= 11 is 6.11. The Bertz CT molecular complexity index is 1310. The molecule has 0 unspecified atom stereocenters. The molecular weight excluding hydrogens is 510 g/mol. The third kappa shape index (κ3) is 6.12. The molecule has 198 valence electrons. The SMILES string of the molecule is COc1cc(C=NNc2nc(N3CCCC3)nc(N3CCOCC3)n2)ccc1OC(=O)c1ccccc1Cl. The predicted octanol–water partition coefficient (Wildman–Crippen LogP) is 3.64. The molecule has 0 bridgehead atoms. The van der Waals surface area contributed by atoms with Crippen molar-refractivity contribution in [3.05, 3.63) is 58.6 Å². The number of anilines is 3. The van der Waals surface area contributed by atoms with Crippen molar-refractivity contribution in [2.45, 2.75) is 12.8 Å². The van der Waals surface area contributed by atoms with Gasteiger partial charge in [0.25, 0.3) is 0 Å². The average Bonchev–Trinajstić information content (AvgIpc) is 3.50. The van der Waals surface area contributed by atoms with E-state index < -0.39 is 5.97 Å². The van der Waals surface area contributed by atoms with E-state index in [0.29, 0.717) is 47.4 Å². The quantitative estimate of drug-likeness (QED) is 0.198.